The molecule has 1 amide bonds. The smallest absolute Gasteiger partial charge is 0.221 e. The molecule has 0 aliphatic rings. The number of anilines is 2. The number of carbonyl (C=O) groups is 1. The van der Waals surface area contributed by atoms with E-state index in [1.807, 2.05) is 35.7 Å². The molecule has 2 rings (SSSR count). The van der Waals surface area contributed by atoms with Crippen LogP contribution in [0.4, 0.5) is 11.4 Å². The van der Waals surface area contributed by atoms with Crippen molar-refractivity contribution in [2.24, 2.45) is 0 Å². The Morgan fingerprint density at radius 3 is 2.94 bits per heavy atom. The minimum absolute atomic E-state index is 0.0443. The summed E-state index contributed by atoms with van der Waals surface area (Å²) in [5, 5.41) is 8.13. The number of nitrogens with one attached hydrogen (secondary N) is 2. The number of carbonyl (C=O) groups excluding carboxylic acids is 1. The van der Waals surface area contributed by atoms with Crippen molar-refractivity contribution in [2.45, 2.75) is 13.5 Å². The van der Waals surface area contributed by atoms with Gasteiger partial charge in [0.25, 0.3) is 0 Å². The summed E-state index contributed by atoms with van der Waals surface area (Å²) in [4.78, 5) is 12.2. The molecule has 0 atom stereocenters. The molecule has 0 saturated heterocycles. The van der Waals surface area contributed by atoms with Gasteiger partial charge < -0.3 is 10.6 Å². The van der Waals surface area contributed by atoms with Gasteiger partial charge in [-0.1, -0.05) is 22.0 Å². The number of thiophene rings is 1. The van der Waals surface area contributed by atoms with Crippen LogP contribution in [0, 0.1) is 0 Å². The summed E-state index contributed by atoms with van der Waals surface area (Å²) in [6, 6.07) is 9.92. The van der Waals surface area contributed by atoms with E-state index in [0.29, 0.717) is 6.54 Å². The highest BCUT2D eigenvalue weighted by Gasteiger charge is 2.05. The van der Waals surface area contributed by atoms with Crippen molar-refractivity contribution < 1.29 is 4.79 Å². The first-order chi connectivity index (χ1) is 8.65. The lowest BCUT2D eigenvalue weighted by Crippen LogP contribution is -2.08. The van der Waals surface area contributed by atoms with Crippen molar-refractivity contribution in [3.8, 4) is 0 Å². The molecule has 0 saturated carbocycles. The molecule has 1 aromatic heterocycles. The second kappa shape index (κ2) is 6.02. The molecule has 94 valence electrons. The fraction of sp³-hybridized carbons (Fsp3) is 0.154. The van der Waals surface area contributed by atoms with Crippen LogP contribution in [0.5, 0.6) is 0 Å². The SMILES string of the molecule is CC(=O)Nc1ccsc1CNc1cccc(Br)c1. The lowest BCUT2D eigenvalue weighted by molar-refractivity contribution is -0.114. The molecule has 1 aromatic carbocycles. The van der Waals surface area contributed by atoms with Crippen molar-refractivity contribution in [3.63, 3.8) is 0 Å². The van der Waals surface area contributed by atoms with E-state index in [1.165, 1.54) is 6.92 Å². The van der Waals surface area contributed by atoms with Crippen LogP contribution in [0.3, 0.4) is 0 Å². The topological polar surface area (TPSA) is 41.1 Å². The number of amides is 1. The molecule has 5 heteroatoms. The first-order valence-electron chi connectivity index (χ1n) is 5.48. The first kappa shape index (κ1) is 13.1. The van der Waals surface area contributed by atoms with Crippen LogP contribution < -0.4 is 10.6 Å². The molecule has 2 N–H and O–H groups in total. The van der Waals surface area contributed by atoms with Crippen molar-refractivity contribution in [1.29, 1.82) is 0 Å². The summed E-state index contributed by atoms with van der Waals surface area (Å²) in [7, 11) is 0. The Morgan fingerprint density at radius 1 is 1.39 bits per heavy atom. The molecule has 3 nitrogen and oxygen atoms in total. The Labute approximate surface area is 118 Å². The van der Waals surface area contributed by atoms with Gasteiger partial charge in [-0.15, -0.1) is 11.3 Å². The number of benzene rings is 1. The average Bonchev–Trinajstić information content (AvgIpc) is 2.73. The molecule has 1 heterocycles. The van der Waals surface area contributed by atoms with E-state index in [4.69, 9.17) is 0 Å². The second-order valence-electron chi connectivity index (χ2n) is 3.80. The number of halogens is 1. The normalized spacial score (nSPS) is 10.1. The molecule has 18 heavy (non-hydrogen) atoms. The van der Waals surface area contributed by atoms with Crippen molar-refractivity contribution in [3.05, 3.63) is 45.1 Å². The standard InChI is InChI=1S/C13H13BrN2OS/c1-9(17)16-12-5-6-18-13(12)8-15-11-4-2-3-10(14)7-11/h2-7,15H,8H2,1H3,(H,16,17). The first-order valence-corrected chi connectivity index (χ1v) is 7.16. The number of rotatable bonds is 4. The minimum Gasteiger partial charge on any atom is -0.380 e. The van der Waals surface area contributed by atoms with Gasteiger partial charge >= 0.3 is 0 Å². The molecule has 0 bridgehead atoms. The molecule has 0 unspecified atom stereocenters. The van der Waals surface area contributed by atoms with Crippen LogP contribution in [0.2, 0.25) is 0 Å². The zero-order chi connectivity index (χ0) is 13.0. The third-order valence-corrected chi connectivity index (χ3v) is 3.75. The Kier molecular flexibility index (Phi) is 4.38. The molecule has 0 radical (unpaired) electrons. The molecular formula is C13H13BrN2OS. The summed E-state index contributed by atoms with van der Waals surface area (Å²) in [5.41, 5.74) is 1.93. The molecule has 0 spiro atoms. The van der Waals surface area contributed by atoms with Gasteiger partial charge in [0.1, 0.15) is 0 Å². The molecule has 0 aliphatic heterocycles. The van der Waals surface area contributed by atoms with Crippen molar-refractivity contribution in [2.75, 3.05) is 10.6 Å². The van der Waals surface area contributed by atoms with E-state index < -0.39 is 0 Å². The minimum atomic E-state index is -0.0443. The fourth-order valence-corrected chi connectivity index (χ4v) is 2.73. The van der Waals surface area contributed by atoms with Gasteiger partial charge in [0, 0.05) is 22.0 Å². The van der Waals surface area contributed by atoms with Gasteiger partial charge in [-0.25, -0.2) is 0 Å². The van der Waals surface area contributed by atoms with Crippen LogP contribution in [0.15, 0.2) is 40.2 Å². The van der Waals surface area contributed by atoms with E-state index in [0.717, 1.165) is 20.7 Å². The quantitative estimate of drug-likeness (QED) is 0.889. The number of hydrogen-bond acceptors (Lipinski definition) is 3. The Hall–Kier alpha value is -1.33. The Balaban J connectivity index is 2.02. The molecule has 2 aromatic rings. The fourth-order valence-electron chi connectivity index (χ4n) is 1.56. The maximum atomic E-state index is 11.0. The summed E-state index contributed by atoms with van der Waals surface area (Å²) < 4.78 is 1.04. The van der Waals surface area contributed by atoms with Crippen molar-refractivity contribution in [1.82, 2.24) is 0 Å². The van der Waals surface area contributed by atoms with Crippen LogP contribution in [-0.4, -0.2) is 5.91 Å². The van der Waals surface area contributed by atoms with E-state index in [9.17, 15) is 4.79 Å². The Morgan fingerprint density at radius 2 is 2.22 bits per heavy atom. The molecule has 0 aliphatic carbocycles. The van der Waals surface area contributed by atoms with Crippen LogP contribution in [-0.2, 0) is 11.3 Å². The maximum absolute atomic E-state index is 11.0. The third-order valence-electron chi connectivity index (χ3n) is 2.33. The third kappa shape index (κ3) is 3.58. The highest BCUT2D eigenvalue weighted by Crippen LogP contribution is 2.24. The van der Waals surface area contributed by atoms with Gasteiger partial charge in [-0.05, 0) is 29.6 Å². The summed E-state index contributed by atoms with van der Waals surface area (Å²) in [6.07, 6.45) is 0. The number of hydrogen-bond donors (Lipinski definition) is 2. The highest BCUT2D eigenvalue weighted by molar-refractivity contribution is 9.10. The van der Waals surface area contributed by atoms with E-state index in [-0.39, 0.29) is 5.91 Å². The van der Waals surface area contributed by atoms with Gasteiger partial charge in [0.2, 0.25) is 5.91 Å². The summed E-state index contributed by atoms with van der Waals surface area (Å²) in [6.45, 7) is 2.22. The monoisotopic (exact) mass is 324 g/mol. The predicted octanol–water partition coefficient (Wildman–Crippen LogP) is 4.08. The van der Waals surface area contributed by atoms with E-state index in [1.54, 1.807) is 11.3 Å². The summed E-state index contributed by atoms with van der Waals surface area (Å²) in [5.74, 6) is -0.0443. The van der Waals surface area contributed by atoms with Crippen LogP contribution in [0.1, 0.15) is 11.8 Å². The maximum Gasteiger partial charge on any atom is 0.221 e. The van der Waals surface area contributed by atoms with Crippen molar-refractivity contribution >= 4 is 44.5 Å². The zero-order valence-corrected chi connectivity index (χ0v) is 12.3. The van der Waals surface area contributed by atoms with Crippen LogP contribution in [0.25, 0.3) is 0 Å². The largest absolute Gasteiger partial charge is 0.380 e. The molecular weight excluding hydrogens is 312 g/mol. The van der Waals surface area contributed by atoms with Gasteiger partial charge in [-0.3, -0.25) is 4.79 Å². The second-order valence-corrected chi connectivity index (χ2v) is 5.72. The lowest BCUT2D eigenvalue weighted by atomic mass is 10.3. The average molecular weight is 325 g/mol. The van der Waals surface area contributed by atoms with E-state index in [2.05, 4.69) is 26.6 Å². The van der Waals surface area contributed by atoms with Gasteiger partial charge in [-0.2, -0.15) is 0 Å². The van der Waals surface area contributed by atoms with Gasteiger partial charge in [0.05, 0.1) is 12.2 Å². The van der Waals surface area contributed by atoms with Crippen LogP contribution >= 0.6 is 27.3 Å². The zero-order valence-electron chi connectivity index (χ0n) is 9.87. The predicted molar refractivity (Wildman–Crippen MR) is 80.1 cm³/mol. The van der Waals surface area contributed by atoms with E-state index >= 15 is 0 Å². The van der Waals surface area contributed by atoms with Gasteiger partial charge in [0.15, 0.2) is 0 Å². The Bertz CT molecular complexity index is 553. The summed E-state index contributed by atoms with van der Waals surface area (Å²) >= 11 is 5.06. The lowest BCUT2D eigenvalue weighted by Gasteiger charge is -2.08. The molecule has 0 fully saturated rings. The highest BCUT2D eigenvalue weighted by atomic mass is 79.9.